The van der Waals surface area contributed by atoms with E-state index in [1.54, 1.807) is 114 Å². The fourth-order valence-corrected chi connectivity index (χ4v) is 10.4. The monoisotopic (exact) mass is 1100 g/mol. The van der Waals surface area contributed by atoms with Crippen LogP contribution >= 0.6 is 0 Å². The van der Waals surface area contributed by atoms with Gasteiger partial charge in [-0.3, -0.25) is 38.7 Å². The number of unbranched alkanes of at least 4 members (excludes halogenated alkanes) is 5. The van der Waals surface area contributed by atoms with Gasteiger partial charge < -0.3 is 31.2 Å². The number of amides is 7. The van der Waals surface area contributed by atoms with Crippen molar-refractivity contribution in [2.45, 2.75) is 160 Å². The number of carbonyl (C=O) groups excluding carboxylic acids is 8. The van der Waals surface area contributed by atoms with E-state index < -0.39 is 75.0 Å². The molecule has 1 fully saturated rings. The fraction of sp³-hybridized carbons (Fsp3) is 0.526. The quantitative estimate of drug-likeness (QED) is 0.0170. The first-order valence-electron chi connectivity index (χ1n) is 27.0. The van der Waals surface area contributed by atoms with Crippen molar-refractivity contribution in [3.05, 3.63) is 102 Å². The highest BCUT2D eigenvalue weighted by Crippen LogP contribution is 2.35. The molecular formula is C57H78N8O12S. The first-order valence-corrected chi connectivity index (χ1v) is 28.5. The number of imide groups is 2. The Kier molecular flexibility index (Phi) is 23.1. The maximum Gasteiger partial charge on any atom is 0.427 e. The van der Waals surface area contributed by atoms with Gasteiger partial charge in [0.1, 0.15) is 23.3 Å². The van der Waals surface area contributed by atoms with Crippen molar-refractivity contribution in [1.29, 1.82) is 0 Å². The van der Waals surface area contributed by atoms with Gasteiger partial charge in [-0.2, -0.15) is 0 Å². The number of aliphatic imine (C=N–C) groups is 1. The standard InChI is InChI=1S/C57H78N8O12S/c1-56(2,3)76-54(72)65(55(73)77-57(4,5)6)53(58)60-34-23-33-45(49(68)63-46(38-39-24-13-11-14-25-39)47(66)50(69)59-35-36-61-78(74,75)41-28-15-12-16-29-41)62-48(67)42(40-26-18-19-27-40)30-17-9-7-8-10-22-37-64-51(70)43-31-20-21-32-44(43)52(64)71/h11-16,20-21,24-25,28-29,31-32,40,42,45-46,61H,7-10,17-19,22-23,26-27,30,33-38H2,1-6H3,(H2,58,60)(H,59,69)(H,62,67)(H,63,68)/t42?,45-,46-/m0/s1. The average Bonchev–Trinajstić information content (AvgIpc) is 4.00. The van der Waals surface area contributed by atoms with Crippen LogP contribution in [-0.2, 0) is 45.1 Å². The van der Waals surface area contributed by atoms with Crippen LogP contribution in [-0.4, -0.2) is 121 Å². The molecule has 0 saturated heterocycles. The normalized spacial score (nSPS) is 15.2. The highest BCUT2D eigenvalue weighted by Gasteiger charge is 2.37. The zero-order valence-corrected chi connectivity index (χ0v) is 46.7. The molecular weight excluding hydrogens is 1020 g/mol. The molecule has 1 aliphatic heterocycles. The van der Waals surface area contributed by atoms with E-state index in [9.17, 15) is 46.8 Å². The number of Topliss-reactive ketones (excluding diaryl/α,β-unsaturated/α-hetero) is 1. The summed E-state index contributed by atoms with van der Waals surface area (Å²) in [6, 6.07) is 20.5. The summed E-state index contributed by atoms with van der Waals surface area (Å²) >= 11 is 0. The maximum atomic E-state index is 14.6. The number of ketones is 1. The molecule has 424 valence electrons. The number of rotatable bonds is 27. The molecule has 3 aromatic carbocycles. The largest absolute Gasteiger partial charge is 0.443 e. The smallest absolute Gasteiger partial charge is 0.427 e. The van der Waals surface area contributed by atoms with Crippen molar-refractivity contribution in [2.75, 3.05) is 26.2 Å². The van der Waals surface area contributed by atoms with E-state index in [1.807, 2.05) is 0 Å². The van der Waals surface area contributed by atoms with Crippen LogP contribution in [0.2, 0.25) is 0 Å². The number of nitrogens with two attached hydrogens (primary N) is 1. The number of hydrogen-bond donors (Lipinski definition) is 5. The molecule has 1 aliphatic carbocycles. The van der Waals surface area contributed by atoms with Gasteiger partial charge in [-0.15, -0.1) is 4.90 Å². The van der Waals surface area contributed by atoms with Gasteiger partial charge >= 0.3 is 12.2 Å². The fourth-order valence-electron chi connectivity index (χ4n) is 9.33. The third-order valence-corrected chi connectivity index (χ3v) is 14.6. The van der Waals surface area contributed by atoms with E-state index in [2.05, 4.69) is 25.7 Å². The molecule has 5 rings (SSSR count). The summed E-state index contributed by atoms with van der Waals surface area (Å²) in [6.07, 6.45) is 6.65. The summed E-state index contributed by atoms with van der Waals surface area (Å²) in [5.74, 6) is -4.59. The zero-order valence-electron chi connectivity index (χ0n) is 45.8. The number of hydrogen-bond acceptors (Lipinski definition) is 13. The Morgan fingerprint density at radius 2 is 1.21 bits per heavy atom. The van der Waals surface area contributed by atoms with Gasteiger partial charge in [-0.25, -0.2) is 22.7 Å². The average molecular weight is 1100 g/mol. The lowest BCUT2D eigenvalue weighted by Gasteiger charge is -2.28. The number of ether oxygens (including phenoxy) is 2. The molecule has 6 N–H and O–H groups in total. The molecule has 78 heavy (non-hydrogen) atoms. The van der Waals surface area contributed by atoms with E-state index in [0.29, 0.717) is 41.0 Å². The van der Waals surface area contributed by atoms with Gasteiger partial charge in [0.25, 0.3) is 17.7 Å². The molecule has 0 radical (unpaired) electrons. The molecule has 1 saturated carbocycles. The summed E-state index contributed by atoms with van der Waals surface area (Å²) in [4.78, 5) is 115. The number of carbonyl (C=O) groups is 8. The minimum absolute atomic E-state index is 0.0250. The minimum atomic E-state index is -3.90. The van der Waals surface area contributed by atoms with E-state index in [-0.39, 0.29) is 67.4 Å². The van der Waals surface area contributed by atoms with Gasteiger partial charge in [-0.1, -0.05) is 106 Å². The Hall–Kier alpha value is -7.00. The number of fused-ring (bicyclic) bond motifs is 1. The molecule has 0 spiro atoms. The number of benzene rings is 3. The van der Waals surface area contributed by atoms with Crippen molar-refractivity contribution >= 4 is 63.5 Å². The van der Waals surface area contributed by atoms with E-state index >= 15 is 0 Å². The summed E-state index contributed by atoms with van der Waals surface area (Å²) in [5, 5.41) is 8.17. The SMILES string of the molecule is CC(C)(C)OC(=O)N(C(=O)OC(C)(C)C)C(N)=NCCC[C@H](NC(=O)C(CCCCCCCCN1C(=O)c2ccccc2C1=O)C1CCCC1)C(=O)N[C@@H](Cc1ccccc1)C(=O)C(=O)NCCNS(=O)(=O)c1ccccc1. The van der Waals surface area contributed by atoms with Gasteiger partial charge in [0.2, 0.25) is 33.6 Å². The summed E-state index contributed by atoms with van der Waals surface area (Å²) in [6.45, 7) is 9.41. The predicted octanol–water partition coefficient (Wildman–Crippen LogP) is 6.96. The molecule has 3 aromatic rings. The van der Waals surface area contributed by atoms with Crippen LogP contribution in [0.25, 0.3) is 0 Å². The number of nitrogens with zero attached hydrogens (tertiary/aromatic N) is 3. The Bertz CT molecular complexity index is 2640. The molecule has 3 atom stereocenters. The summed E-state index contributed by atoms with van der Waals surface area (Å²) < 4.78 is 38.7. The molecule has 2 aliphatic rings. The number of sulfonamides is 1. The highest BCUT2D eigenvalue weighted by molar-refractivity contribution is 7.89. The van der Waals surface area contributed by atoms with Crippen LogP contribution < -0.4 is 26.4 Å². The maximum absolute atomic E-state index is 14.6. The summed E-state index contributed by atoms with van der Waals surface area (Å²) in [7, 11) is -3.90. The number of guanidine groups is 1. The first kappa shape index (κ1) is 61.8. The number of nitrogens with one attached hydrogen (secondary N) is 4. The van der Waals surface area contributed by atoms with E-state index in [0.717, 1.165) is 57.8 Å². The molecule has 1 heterocycles. The van der Waals surface area contributed by atoms with Crippen molar-refractivity contribution in [3.8, 4) is 0 Å². The van der Waals surface area contributed by atoms with Crippen molar-refractivity contribution in [2.24, 2.45) is 22.6 Å². The van der Waals surface area contributed by atoms with Crippen LogP contribution in [0.4, 0.5) is 9.59 Å². The zero-order chi connectivity index (χ0) is 57.0. The predicted molar refractivity (Wildman–Crippen MR) is 293 cm³/mol. The molecule has 1 unspecified atom stereocenters. The van der Waals surface area contributed by atoms with Crippen LogP contribution in [0.1, 0.15) is 151 Å². The lowest BCUT2D eigenvalue weighted by molar-refractivity contribution is -0.140. The van der Waals surface area contributed by atoms with Gasteiger partial charge in [0.15, 0.2) is 0 Å². The van der Waals surface area contributed by atoms with Crippen LogP contribution in [0, 0.1) is 11.8 Å². The molecule has 21 heteroatoms. The lowest BCUT2D eigenvalue weighted by Crippen LogP contribution is -2.55. The van der Waals surface area contributed by atoms with Crippen LogP contribution in [0.3, 0.4) is 0 Å². The second kappa shape index (κ2) is 29.1. The molecule has 0 aromatic heterocycles. The van der Waals surface area contributed by atoms with Gasteiger partial charge in [0.05, 0.1) is 16.0 Å². The Balaban J connectivity index is 1.28. The van der Waals surface area contributed by atoms with Crippen LogP contribution in [0.5, 0.6) is 0 Å². The Morgan fingerprint density at radius 1 is 0.679 bits per heavy atom. The second-order valence-corrected chi connectivity index (χ2v) is 23.5. The van der Waals surface area contributed by atoms with E-state index in [1.165, 1.54) is 17.0 Å². The van der Waals surface area contributed by atoms with E-state index in [4.69, 9.17) is 15.2 Å². The first-order chi connectivity index (χ1) is 37.0. The van der Waals surface area contributed by atoms with Crippen molar-refractivity contribution in [3.63, 3.8) is 0 Å². The Labute approximate surface area is 458 Å². The van der Waals surface area contributed by atoms with Crippen molar-refractivity contribution < 1.29 is 56.2 Å². The molecule has 7 amide bonds. The minimum Gasteiger partial charge on any atom is -0.443 e. The second-order valence-electron chi connectivity index (χ2n) is 21.7. The van der Waals surface area contributed by atoms with Gasteiger partial charge in [0, 0.05) is 38.5 Å². The topological polar surface area (TPSA) is 282 Å². The van der Waals surface area contributed by atoms with Crippen molar-refractivity contribution in [1.82, 2.24) is 30.5 Å². The molecule has 0 bridgehead atoms. The third-order valence-electron chi connectivity index (χ3n) is 13.2. The Morgan fingerprint density at radius 3 is 1.78 bits per heavy atom. The van der Waals surface area contributed by atoms with Crippen LogP contribution in [0.15, 0.2) is 94.8 Å². The lowest BCUT2D eigenvalue weighted by atomic mass is 9.85. The molecule has 20 nitrogen and oxygen atoms in total. The van der Waals surface area contributed by atoms with Gasteiger partial charge in [-0.05, 0) is 116 Å². The highest BCUT2D eigenvalue weighted by atomic mass is 32.2. The summed E-state index contributed by atoms with van der Waals surface area (Å²) in [5.41, 5.74) is 5.71. The third kappa shape index (κ3) is 19.2.